The Labute approximate surface area is 179 Å². The molecule has 0 bridgehead atoms. The lowest BCUT2D eigenvalue weighted by Crippen LogP contribution is -2.52. The zero-order valence-corrected chi connectivity index (χ0v) is 16.8. The van der Waals surface area contributed by atoms with E-state index in [1.54, 1.807) is 30.3 Å². The lowest BCUT2D eigenvalue weighted by molar-refractivity contribution is -0.137. The molecule has 160 valence electrons. The summed E-state index contributed by atoms with van der Waals surface area (Å²) in [6, 6.07) is 7.79. The van der Waals surface area contributed by atoms with Crippen molar-refractivity contribution >= 4 is 35.0 Å². The molecule has 2 heterocycles. The summed E-state index contributed by atoms with van der Waals surface area (Å²) >= 11 is 0. The van der Waals surface area contributed by atoms with Crippen LogP contribution < -0.4 is 16.0 Å². The van der Waals surface area contributed by atoms with Crippen molar-refractivity contribution in [2.75, 3.05) is 10.6 Å². The van der Waals surface area contributed by atoms with Gasteiger partial charge in [0.15, 0.2) is 5.82 Å². The second kappa shape index (κ2) is 8.17. The normalized spacial score (nSPS) is 20.8. The van der Waals surface area contributed by atoms with Crippen LogP contribution >= 0.6 is 0 Å². The molecule has 1 atom stereocenters. The summed E-state index contributed by atoms with van der Waals surface area (Å²) in [5.74, 6) is -2.70. The van der Waals surface area contributed by atoms with Crippen LogP contribution in [0.4, 0.5) is 15.8 Å². The molecule has 0 aromatic heterocycles. The molecule has 2 aliphatic heterocycles. The highest BCUT2D eigenvalue weighted by molar-refractivity contribution is 6.06. The summed E-state index contributed by atoms with van der Waals surface area (Å²) in [6.45, 7) is 1.39. The van der Waals surface area contributed by atoms with Gasteiger partial charge in [-0.05, 0) is 24.6 Å². The van der Waals surface area contributed by atoms with E-state index in [4.69, 9.17) is 1.37 Å². The highest BCUT2D eigenvalue weighted by Crippen LogP contribution is 2.32. The maximum atomic E-state index is 14.7. The number of piperidine rings is 1. The first kappa shape index (κ1) is 19.2. The van der Waals surface area contributed by atoms with Crippen LogP contribution in [0.25, 0.3) is 0 Å². The Morgan fingerprint density at radius 1 is 1.23 bits per heavy atom. The first-order chi connectivity index (χ1) is 15.2. The van der Waals surface area contributed by atoms with Crippen LogP contribution in [0.2, 0.25) is 0 Å². The molecule has 4 amide bonds. The number of rotatable bonds is 5. The summed E-state index contributed by atoms with van der Waals surface area (Å²) in [6.07, 6.45) is -0.105. The van der Waals surface area contributed by atoms with E-state index in [2.05, 4.69) is 16.0 Å². The van der Waals surface area contributed by atoms with Gasteiger partial charge in [-0.15, -0.1) is 0 Å². The summed E-state index contributed by atoms with van der Waals surface area (Å²) in [5, 5.41) is 7.68. The molecule has 1 saturated heterocycles. The van der Waals surface area contributed by atoms with Crippen LogP contribution in [0.3, 0.4) is 0 Å². The fourth-order valence-corrected chi connectivity index (χ4v) is 3.77. The molecule has 0 radical (unpaired) electrons. The van der Waals surface area contributed by atoms with Crippen molar-refractivity contribution in [1.29, 1.82) is 0 Å². The Bertz CT molecular complexity index is 1150. The molecule has 0 saturated carbocycles. The highest BCUT2D eigenvalue weighted by atomic mass is 19.1. The number of anilines is 2. The third-order valence-corrected chi connectivity index (χ3v) is 5.26. The molecule has 4 rings (SSSR count). The molecule has 0 spiro atoms. The summed E-state index contributed by atoms with van der Waals surface area (Å²) in [5.41, 5.74) is 1.90. The lowest BCUT2D eigenvalue weighted by Gasteiger charge is -2.29. The molecule has 1 unspecified atom stereocenters. The number of halogens is 1. The van der Waals surface area contributed by atoms with E-state index in [0.717, 1.165) is 4.90 Å². The molecule has 1 fully saturated rings. The molecule has 0 aliphatic carbocycles. The Hall–Kier alpha value is -3.75. The second-order valence-corrected chi connectivity index (χ2v) is 7.36. The van der Waals surface area contributed by atoms with Crippen LogP contribution in [0.15, 0.2) is 36.4 Å². The Kier molecular flexibility index (Phi) is 5.07. The predicted octanol–water partition coefficient (Wildman–Crippen LogP) is 2.16. The van der Waals surface area contributed by atoms with E-state index < -0.39 is 29.6 Å². The van der Waals surface area contributed by atoms with Gasteiger partial charge >= 0.3 is 0 Å². The van der Waals surface area contributed by atoms with Gasteiger partial charge in [0, 0.05) is 48.8 Å². The topological polar surface area (TPSA) is 108 Å². The average Bonchev–Trinajstić information content (AvgIpc) is 3.09. The van der Waals surface area contributed by atoms with Crippen LogP contribution in [0, 0.1) is 5.82 Å². The van der Waals surface area contributed by atoms with Crippen LogP contribution in [-0.2, 0) is 27.5 Å². The smallest absolute Gasteiger partial charge is 0.255 e. The van der Waals surface area contributed by atoms with E-state index in [1.165, 1.54) is 13.0 Å². The van der Waals surface area contributed by atoms with Crippen molar-refractivity contribution < 1.29 is 24.9 Å². The van der Waals surface area contributed by atoms with Gasteiger partial charge in [-0.3, -0.25) is 24.5 Å². The van der Waals surface area contributed by atoms with Crippen molar-refractivity contribution in [3.63, 3.8) is 0 Å². The third-order valence-electron chi connectivity index (χ3n) is 5.26. The summed E-state index contributed by atoms with van der Waals surface area (Å²) in [7, 11) is 0. The molecule has 8 nitrogen and oxygen atoms in total. The zero-order chi connectivity index (χ0) is 23.0. The van der Waals surface area contributed by atoms with Crippen molar-refractivity contribution in [2.24, 2.45) is 0 Å². The number of benzene rings is 2. The number of carbonyl (C=O) groups excluding carboxylic acids is 4. The first-order valence-electron chi connectivity index (χ1n) is 10.3. The number of hydrogen-bond donors (Lipinski definition) is 3. The van der Waals surface area contributed by atoms with Gasteiger partial charge in [-0.25, -0.2) is 4.39 Å². The number of amides is 4. The monoisotopic (exact) mass is 425 g/mol. The first-order valence-corrected chi connectivity index (χ1v) is 9.77. The van der Waals surface area contributed by atoms with Gasteiger partial charge in [-0.2, -0.15) is 0 Å². The quantitative estimate of drug-likeness (QED) is 0.637. The van der Waals surface area contributed by atoms with Gasteiger partial charge in [-0.1, -0.05) is 18.2 Å². The van der Waals surface area contributed by atoms with Gasteiger partial charge in [0.1, 0.15) is 6.02 Å². The van der Waals surface area contributed by atoms with E-state index in [1.807, 2.05) is 0 Å². The number of nitrogens with zero attached hydrogens (tertiary/aromatic N) is 1. The summed E-state index contributed by atoms with van der Waals surface area (Å²) in [4.78, 5) is 49.2. The molecule has 9 heteroatoms. The fraction of sp³-hybridized carbons (Fsp3) is 0.273. The van der Waals surface area contributed by atoms with Gasteiger partial charge < -0.3 is 15.5 Å². The minimum Gasteiger partial charge on any atom is -0.381 e. The maximum Gasteiger partial charge on any atom is 0.255 e. The van der Waals surface area contributed by atoms with E-state index in [9.17, 15) is 23.6 Å². The minimum absolute atomic E-state index is 0.0108. The predicted molar refractivity (Wildman–Crippen MR) is 111 cm³/mol. The van der Waals surface area contributed by atoms with Gasteiger partial charge in [0.2, 0.25) is 17.7 Å². The van der Waals surface area contributed by atoms with Crippen molar-refractivity contribution in [3.8, 4) is 0 Å². The van der Waals surface area contributed by atoms with Crippen molar-refractivity contribution in [3.05, 3.63) is 58.9 Å². The number of fused-ring (bicyclic) bond motifs is 1. The Balaban J connectivity index is 1.56. The van der Waals surface area contributed by atoms with E-state index >= 15 is 0 Å². The number of hydrogen-bond acceptors (Lipinski definition) is 5. The van der Waals surface area contributed by atoms with E-state index in [-0.39, 0.29) is 37.5 Å². The SMILES string of the molecule is [2H]C1(N2Cc3c(NCc4cccc(NC(C)=O)c4F)cccc3C2=O)CCC(=O)NC1=O. The minimum atomic E-state index is -1.87. The largest absolute Gasteiger partial charge is 0.381 e. The van der Waals surface area contributed by atoms with Gasteiger partial charge in [0.25, 0.3) is 5.91 Å². The zero-order valence-electron chi connectivity index (χ0n) is 17.8. The fourth-order valence-electron chi connectivity index (χ4n) is 3.77. The average molecular weight is 425 g/mol. The van der Waals surface area contributed by atoms with Crippen molar-refractivity contribution in [2.45, 2.75) is 38.9 Å². The van der Waals surface area contributed by atoms with Crippen LogP contribution in [0.5, 0.6) is 0 Å². The Morgan fingerprint density at radius 3 is 2.71 bits per heavy atom. The standard InChI is InChI=1S/C22H21FN4O4/c1-12(28)25-17-7-2-4-13(20(17)23)10-24-16-6-3-5-14-15(16)11-27(22(14)31)18-8-9-19(29)26-21(18)30/h2-7,18,24H,8-11H2,1H3,(H,25,28)(H,26,29,30)/i18D. The highest BCUT2D eigenvalue weighted by Gasteiger charge is 2.39. The second-order valence-electron chi connectivity index (χ2n) is 7.36. The molecular weight excluding hydrogens is 403 g/mol. The molecule has 2 aliphatic rings. The lowest BCUT2D eigenvalue weighted by atomic mass is 10.0. The molecule has 3 N–H and O–H groups in total. The third kappa shape index (κ3) is 3.98. The van der Waals surface area contributed by atoms with Crippen molar-refractivity contribution in [1.82, 2.24) is 10.2 Å². The molecule has 2 aromatic rings. The number of imide groups is 1. The van der Waals surface area contributed by atoms with Crippen LogP contribution in [-0.4, -0.2) is 34.5 Å². The van der Waals surface area contributed by atoms with Gasteiger partial charge in [0.05, 0.1) is 7.06 Å². The Morgan fingerprint density at radius 2 is 1.97 bits per heavy atom. The molecular formula is C22H21FN4O4. The maximum absolute atomic E-state index is 14.7. The molecule has 31 heavy (non-hydrogen) atoms. The number of nitrogens with one attached hydrogen (secondary N) is 3. The summed E-state index contributed by atoms with van der Waals surface area (Å²) < 4.78 is 23.3. The molecule has 2 aromatic carbocycles. The van der Waals surface area contributed by atoms with Crippen LogP contribution in [0.1, 0.15) is 42.6 Å². The van der Waals surface area contributed by atoms with E-state index in [0.29, 0.717) is 22.4 Å². The number of carbonyl (C=O) groups is 4.